The fourth-order valence-electron chi connectivity index (χ4n) is 3.60. The smallest absolute Gasteiger partial charge is 0.238 e. The van der Waals surface area contributed by atoms with Crippen LogP contribution in [0.5, 0.6) is 0 Å². The Morgan fingerprint density at radius 1 is 1.19 bits per heavy atom. The average molecular weight is 388 g/mol. The third-order valence-corrected chi connectivity index (χ3v) is 5.29. The number of hydrogen-bond acceptors (Lipinski definition) is 2. The third kappa shape index (κ3) is 3.45. The monoisotopic (exact) mass is 387 g/mol. The van der Waals surface area contributed by atoms with Gasteiger partial charge in [0, 0.05) is 45.4 Å². The number of rotatable bonds is 3. The molecule has 2 N–H and O–H groups in total. The first-order valence-electron chi connectivity index (χ1n) is 8.57. The summed E-state index contributed by atoms with van der Waals surface area (Å²) < 4.78 is 0. The van der Waals surface area contributed by atoms with Gasteiger partial charge in [0.2, 0.25) is 5.91 Å². The second-order valence-electron chi connectivity index (χ2n) is 6.74. The maximum atomic E-state index is 12.3. The van der Waals surface area contributed by atoms with Crippen molar-refractivity contribution in [1.29, 1.82) is 0 Å². The van der Waals surface area contributed by atoms with Crippen molar-refractivity contribution in [2.24, 2.45) is 0 Å². The Labute approximate surface area is 162 Å². The van der Waals surface area contributed by atoms with Crippen molar-refractivity contribution in [3.8, 4) is 0 Å². The minimum Gasteiger partial charge on any atom is -0.357 e. The molecule has 0 bridgehead atoms. The molecule has 1 aromatic heterocycles. The highest BCUT2D eigenvalue weighted by Crippen LogP contribution is 2.31. The van der Waals surface area contributed by atoms with E-state index in [1.807, 2.05) is 12.1 Å². The van der Waals surface area contributed by atoms with Crippen LogP contribution in [0, 0.1) is 6.92 Å². The van der Waals surface area contributed by atoms with Crippen molar-refractivity contribution in [2.45, 2.75) is 19.9 Å². The van der Waals surface area contributed by atoms with E-state index in [0.29, 0.717) is 11.6 Å². The first kappa shape index (κ1) is 17.4. The second kappa shape index (κ2) is 6.95. The van der Waals surface area contributed by atoms with Crippen molar-refractivity contribution in [1.82, 2.24) is 9.88 Å². The summed E-state index contributed by atoms with van der Waals surface area (Å²) in [5, 5.41) is 5.54. The number of carbonyl (C=O) groups is 1. The van der Waals surface area contributed by atoms with E-state index < -0.39 is 0 Å². The maximum Gasteiger partial charge on any atom is 0.238 e. The van der Waals surface area contributed by atoms with Gasteiger partial charge in [0.1, 0.15) is 0 Å². The number of aromatic nitrogens is 1. The Morgan fingerprint density at radius 3 is 2.73 bits per heavy atom. The zero-order valence-electron chi connectivity index (χ0n) is 14.4. The molecular weight excluding hydrogens is 369 g/mol. The fourth-order valence-corrected chi connectivity index (χ4v) is 4.00. The quantitative estimate of drug-likeness (QED) is 0.679. The summed E-state index contributed by atoms with van der Waals surface area (Å²) in [4.78, 5) is 18.0. The predicted molar refractivity (Wildman–Crippen MR) is 107 cm³/mol. The summed E-state index contributed by atoms with van der Waals surface area (Å²) in [6.45, 7) is 4.00. The van der Waals surface area contributed by atoms with Crippen LogP contribution in [-0.2, 0) is 17.8 Å². The predicted octanol–water partition coefficient (Wildman–Crippen LogP) is 4.78. The van der Waals surface area contributed by atoms with E-state index in [4.69, 9.17) is 23.2 Å². The maximum absolute atomic E-state index is 12.3. The van der Waals surface area contributed by atoms with Crippen molar-refractivity contribution < 1.29 is 4.79 Å². The standard InChI is InChI=1S/C20H19Cl2N3O/c1-12-8-14(22)9-17-16-6-7-25(10-18(16)24-20(12)17)11-19(26)23-15-4-2-13(21)3-5-15/h2-5,8-9,24H,6-7,10-11H2,1H3,(H,23,26). The van der Waals surface area contributed by atoms with Gasteiger partial charge in [0.05, 0.1) is 6.54 Å². The Bertz CT molecular complexity index is 979. The van der Waals surface area contributed by atoms with Crippen LogP contribution in [0.2, 0.25) is 10.0 Å². The molecule has 3 aromatic rings. The fraction of sp³-hybridized carbons (Fsp3) is 0.250. The largest absolute Gasteiger partial charge is 0.357 e. The number of hydrogen-bond donors (Lipinski definition) is 2. The van der Waals surface area contributed by atoms with Gasteiger partial charge in [-0.3, -0.25) is 9.69 Å². The minimum atomic E-state index is -0.0221. The number of anilines is 1. The molecule has 0 fully saturated rings. The summed E-state index contributed by atoms with van der Waals surface area (Å²) in [6, 6.07) is 11.1. The van der Waals surface area contributed by atoms with Gasteiger partial charge >= 0.3 is 0 Å². The van der Waals surface area contributed by atoms with Gasteiger partial charge in [-0.05, 0) is 60.9 Å². The molecule has 1 aliphatic rings. The summed E-state index contributed by atoms with van der Waals surface area (Å²) in [7, 11) is 0. The lowest BCUT2D eigenvalue weighted by Gasteiger charge is -2.26. The van der Waals surface area contributed by atoms with Crippen LogP contribution in [-0.4, -0.2) is 28.9 Å². The van der Waals surface area contributed by atoms with Crippen LogP contribution >= 0.6 is 23.2 Å². The zero-order valence-corrected chi connectivity index (χ0v) is 15.9. The van der Waals surface area contributed by atoms with Gasteiger partial charge < -0.3 is 10.3 Å². The molecular formula is C20H19Cl2N3O. The van der Waals surface area contributed by atoms with E-state index in [9.17, 15) is 4.79 Å². The molecule has 0 saturated heterocycles. The summed E-state index contributed by atoms with van der Waals surface area (Å²) in [5.41, 5.74) is 5.55. The molecule has 6 heteroatoms. The van der Waals surface area contributed by atoms with Gasteiger partial charge in [0.15, 0.2) is 0 Å². The first-order chi connectivity index (χ1) is 12.5. The van der Waals surface area contributed by atoms with Crippen LogP contribution in [0.15, 0.2) is 36.4 Å². The van der Waals surface area contributed by atoms with Gasteiger partial charge in [-0.2, -0.15) is 0 Å². The molecule has 0 saturated carbocycles. The number of nitrogens with zero attached hydrogens (tertiary/aromatic N) is 1. The molecule has 134 valence electrons. The number of H-pyrrole nitrogens is 1. The number of fused-ring (bicyclic) bond motifs is 3. The van der Waals surface area contributed by atoms with Crippen LogP contribution < -0.4 is 5.32 Å². The SMILES string of the molecule is Cc1cc(Cl)cc2c3c([nH]c12)CN(CC(=O)Nc1ccc(Cl)cc1)CC3. The Balaban J connectivity index is 1.47. The normalized spacial score (nSPS) is 14.4. The number of carbonyl (C=O) groups excluding carboxylic acids is 1. The lowest BCUT2D eigenvalue weighted by Crippen LogP contribution is -2.37. The Kier molecular flexibility index (Phi) is 4.65. The first-order valence-corrected chi connectivity index (χ1v) is 9.32. The summed E-state index contributed by atoms with van der Waals surface area (Å²) >= 11 is 12.1. The van der Waals surface area contributed by atoms with Crippen LogP contribution in [0.1, 0.15) is 16.8 Å². The molecule has 0 atom stereocenters. The van der Waals surface area contributed by atoms with Crippen molar-refractivity contribution in [2.75, 3.05) is 18.4 Å². The molecule has 1 amide bonds. The molecule has 26 heavy (non-hydrogen) atoms. The summed E-state index contributed by atoms with van der Waals surface area (Å²) in [5.74, 6) is -0.0221. The zero-order chi connectivity index (χ0) is 18.3. The molecule has 1 aliphatic heterocycles. The van der Waals surface area contributed by atoms with Gasteiger partial charge in [0.25, 0.3) is 0 Å². The highest BCUT2D eigenvalue weighted by atomic mass is 35.5. The van der Waals surface area contributed by atoms with Crippen LogP contribution in [0.4, 0.5) is 5.69 Å². The topological polar surface area (TPSA) is 48.1 Å². The van der Waals surface area contributed by atoms with E-state index in [-0.39, 0.29) is 5.91 Å². The number of benzene rings is 2. The number of halogens is 2. The average Bonchev–Trinajstić information content (AvgIpc) is 2.95. The minimum absolute atomic E-state index is 0.0221. The number of amides is 1. The van der Waals surface area contributed by atoms with E-state index in [0.717, 1.165) is 41.3 Å². The van der Waals surface area contributed by atoms with Crippen molar-refractivity contribution >= 4 is 45.7 Å². The highest BCUT2D eigenvalue weighted by molar-refractivity contribution is 6.31. The Hall–Kier alpha value is -2.01. The summed E-state index contributed by atoms with van der Waals surface area (Å²) in [6.07, 6.45) is 0.906. The van der Waals surface area contributed by atoms with Crippen molar-refractivity contribution in [3.05, 3.63) is 63.3 Å². The van der Waals surface area contributed by atoms with E-state index in [2.05, 4.69) is 22.1 Å². The molecule has 0 radical (unpaired) electrons. The van der Waals surface area contributed by atoms with Gasteiger partial charge in [-0.25, -0.2) is 0 Å². The van der Waals surface area contributed by atoms with Crippen LogP contribution in [0.3, 0.4) is 0 Å². The van der Waals surface area contributed by atoms with E-state index >= 15 is 0 Å². The second-order valence-corrected chi connectivity index (χ2v) is 7.62. The van der Waals surface area contributed by atoms with Crippen molar-refractivity contribution in [3.63, 3.8) is 0 Å². The van der Waals surface area contributed by atoms with Gasteiger partial charge in [-0.15, -0.1) is 0 Å². The molecule has 4 nitrogen and oxygen atoms in total. The number of nitrogens with one attached hydrogen (secondary N) is 2. The Morgan fingerprint density at radius 2 is 1.96 bits per heavy atom. The third-order valence-electron chi connectivity index (χ3n) is 4.82. The molecule has 4 rings (SSSR count). The van der Waals surface area contributed by atoms with E-state index in [1.54, 1.807) is 24.3 Å². The molecule has 2 heterocycles. The van der Waals surface area contributed by atoms with Gasteiger partial charge in [-0.1, -0.05) is 23.2 Å². The lowest BCUT2D eigenvalue weighted by molar-refractivity contribution is -0.117. The number of aromatic amines is 1. The highest BCUT2D eigenvalue weighted by Gasteiger charge is 2.22. The lowest BCUT2D eigenvalue weighted by atomic mass is 10.0. The molecule has 0 aliphatic carbocycles. The molecule has 2 aromatic carbocycles. The van der Waals surface area contributed by atoms with E-state index in [1.165, 1.54) is 16.6 Å². The molecule has 0 unspecified atom stereocenters. The number of aryl methyl sites for hydroxylation is 1. The van der Waals surface area contributed by atoms with Crippen LogP contribution in [0.25, 0.3) is 10.9 Å². The molecule has 0 spiro atoms.